The molecule has 10 nitrogen and oxygen atoms in total. The monoisotopic (exact) mass is 489 g/mol. The van der Waals surface area contributed by atoms with E-state index in [0.29, 0.717) is 36.4 Å². The molecular weight excluding hydrogens is 458 g/mol. The maximum atomic E-state index is 13.0. The number of rotatable bonds is 10. The lowest BCUT2D eigenvalue weighted by molar-refractivity contribution is -0.0237. The van der Waals surface area contributed by atoms with Gasteiger partial charge >= 0.3 is 0 Å². The molecule has 0 amide bonds. The summed E-state index contributed by atoms with van der Waals surface area (Å²) in [6, 6.07) is 8.09. The number of thiocarbonyl (C=S) groups is 2. The highest BCUT2D eigenvalue weighted by Crippen LogP contribution is 2.19. The van der Waals surface area contributed by atoms with Gasteiger partial charge in [0, 0.05) is 32.7 Å². The molecule has 1 heterocycles. The summed E-state index contributed by atoms with van der Waals surface area (Å²) in [6.07, 6.45) is -0.425. The van der Waals surface area contributed by atoms with Crippen molar-refractivity contribution < 1.29 is 13.2 Å². The molecule has 174 valence electrons. The van der Waals surface area contributed by atoms with E-state index >= 15 is 0 Å². The molecule has 1 aromatic rings. The molecule has 2 rings (SSSR count). The van der Waals surface area contributed by atoms with Crippen LogP contribution in [0.15, 0.2) is 35.2 Å². The van der Waals surface area contributed by atoms with E-state index in [-0.39, 0.29) is 24.1 Å². The van der Waals surface area contributed by atoms with Crippen molar-refractivity contribution in [1.82, 2.24) is 36.6 Å². The van der Waals surface area contributed by atoms with Crippen molar-refractivity contribution in [3.8, 4) is 0 Å². The third-order valence-corrected chi connectivity index (χ3v) is 6.83. The van der Waals surface area contributed by atoms with E-state index in [0.717, 1.165) is 0 Å². The minimum atomic E-state index is -3.61. The largest absolute Gasteiger partial charge is 0.374 e. The van der Waals surface area contributed by atoms with Crippen LogP contribution in [-0.2, 0) is 14.8 Å². The first-order valence-electron chi connectivity index (χ1n) is 10.1. The lowest BCUT2D eigenvalue weighted by Crippen LogP contribution is -2.62. The van der Waals surface area contributed by atoms with Gasteiger partial charge in [0.25, 0.3) is 0 Å². The van der Waals surface area contributed by atoms with Gasteiger partial charge in [-0.15, -0.1) is 0 Å². The highest BCUT2D eigenvalue weighted by Gasteiger charge is 2.34. The number of nitrogens with zero attached hydrogens (tertiary/aromatic N) is 1. The zero-order valence-electron chi connectivity index (χ0n) is 17.7. The topological polar surface area (TPSA) is 119 Å². The third kappa shape index (κ3) is 8.11. The molecule has 1 aromatic carbocycles. The maximum absolute atomic E-state index is 13.0. The molecule has 6 N–H and O–H groups in total. The first-order chi connectivity index (χ1) is 14.9. The SMILES string of the molecule is CCNC(=S)NNCC(NNC(=S)NCC)C1CN(S(=O)(=O)c2ccccc2)CCO1. The Balaban J connectivity index is 2.06. The van der Waals surface area contributed by atoms with Gasteiger partial charge in [-0.1, -0.05) is 18.2 Å². The van der Waals surface area contributed by atoms with Crippen LogP contribution in [0, 0.1) is 0 Å². The predicted octanol–water partition coefficient (Wildman–Crippen LogP) is -0.578. The molecule has 0 aromatic heterocycles. The second-order valence-electron chi connectivity index (χ2n) is 6.69. The van der Waals surface area contributed by atoms with E-state index in [1.807, 2.05) is 13.8 Å². The Morgan fingerprint density at radius 3 is 2.42 bits per heavy atom. The van der Waals surface area contributed by atoms with Crippen LogP contribution in [0.3, 0.4) is 0 Å². The van der Waals surface area contributed by atoms with Crippen molar-refractivity contribution >= 4 is 44.7 Å². The van der Waals surface area contributed by atoms with Gasteiger partial charge in [0.1, 0.15) is 0 Å². The van der Waals surface area contributed by atoms with Gasteiger partial charge in [-0.05, 0) is 50.4 Å². The van der Waals surface area contributed by atoms with Crippen molar-refractivity contribution in [2.24, 2.45) is 0 Å². The van der Waals surface area contributed by atoms with Gasteiger partial charge in [-0.25, -0.2) is 19.3 Å². The number of benzene rings is 1. The summed E-state index contributed by atoms with van der Waals surface area (Å²) in [5.74, 6) is 0. The predicted molar refractivity (Wildman–Crippen MR) is 129 cm³/mol. The molecule has 2 atom stereocenters. The van der Waals surface area contributed by atoms with Crippen LogP contribution in [0.5, 0.6) is 0 Å². The molecule has 1 aliphatic rings. The van der Waals surface area contributed by atoms with Crippen molar-refractivity contribution in [2.75, 3.05) is 39.3 Å². The molecule has 0 spiro atoms. The third-order valence-electron chi connectivity index (χ3n) is 4.46. The fourth-order valence-corrected chi connectivity index (χ4v) is 4.82. The molecule has 0 aliphatic carbocycles. The Labute approximate surface area is 194 Å². The number of morpholine rings is 1. The van der Waals surface area contributed by atoms with Gasteiger partial charge in [0.2, 0.25) is 10.0 Å². The Bertz CT molecular complexity index is 811. The molecule has 1 aliphatic heterocycles. The average Bonchev–Trinajstić information content (AvgIpc) is 2.77. The Hall–Kier alpha value is -1.61. The number of nitrogens with one attached hydrogen (secondary N) is 6. The van der Waals surface area contributed by atoms with Gasteiger partial charge in [-0.2, -0.15) is 4.31 Å². The van der Waals surface area contributed by atoms with Crippen LogP contribution in [0.2, 0.25) is 0 Å². The lowest BCUT2D eigenvalue weighted by atomic mass is 10.1. The summed E-state index contributed by atoms with van der Waals surface area (Å²) in [5.41, 5.74) is 12.0. The summed E-state index contributed by atoms with van der Waals surface area (Å²) in [5, 5.41) is 6.88. The van der Waals surface area contributed by atoms with Gasteiger partial charge in [0.15, 0.2) is 10.2 Å². The van der Waals surface area contributed by atoms with Gasteiger partial charge in [-0.3, -0.25) is 10.9 Å². The van der Waals surface area contributed by atoms with Crippen LogP contribution in [-0.4, -0.2) is 74.4 Å². The van der Waals surface area contributed by atoms with Gasteiger partial charge < -0.3 is 15.4 Å². The fraction of sp³-hybridized carbons (Fsp3) is 0.556. The standard InChI is InChI=1S/C18H31N7O3S3/c1-3-19-17(29)23-21-12-15(22-24-18(30)20-4-2)16-13-25(10-11-28-16)31(26,27)14-8-6-5-7-9-14/h5-9,15-16,21-22H,3-4,10-13H2,1-2H3,(H2,19,23,29)(H2,20,24,30). The van der Waals surface area contributed by atoms with Crippen molar-refractivity contribution in [3.63, 3.8) is 0 Å². The lowest BCUT2D eigenvalue weighted by Gasteiger charge is -2.37. The second-order valence-corrected chi connectivity index (χ2v) is 9.44. The Morgan fingerprint density at radius 2 is 1.77 bits per heavy atom. The molecule has 2 unspecified atom stereocenters. The number of hydrazine groups is 2. The van der Waals surface area contributed by atoms with Crippen LogP contribution >= 0.6 is 24.4 Å². The second kappa shape index (κ2) is 13.1. The molecule has 0 radical (unpaired) electrons. The zero-order chi connectivity index (χ0) is 22.7. The van der Waals surface area contributed by atoms with Crippen LogP contribution in [0.4, 0.5) is 0 Å². The molecule has 0 bridgehead atoms. The first kappa shape index (κ1) is 25.6. The number of sulfonamides is 1. The average molecular weight is 490 g/mol. The van der Waals surface area contributed by atoms with Crippen molar-refractivity contribution in [2.45, 2.75) is 30.9 Å². The van der Waals surface area contributed by atoms with E-state index in [1.165, 1.54) is 4.31 Å². The quantitative estimate of drug-likeness (QED) is 0.187. The van der Waals surface area contributed by atoms with Crippen molar-refractivity contribution in [1.29, 1.82) is 0 Å². The van der Waals surface area contributed by atoms with Crippen molar-refractivity contribution in [3.05, 3.63) is 30.3 Å². The van der Waals surface area contributed by atoms with E-state index in [4.69, 9.17) is 29.2 Å². The number of hydrogen-bond donors (Lipinski definition) is 6. The molecule has 1 saturated heterocycles. The van der Waals surface area contributed by atoms with Gasteiger partial charge in [0.05, 0.1) is 23.6 Å². The first-order valence-corrected chi connectivity index (χ1v) is 12.4. The summed E-state index contributed by atoms with van der Waals surface area (Å²) in [4.78, 5) is 0.266. The molecule has 13 heteroatoms. The molecule has 0 saturated carbocycles. The van der Waals surface area contributed by atoms with Crippen LogP contribution < -0.4 is 32.3 Å². The number of hydrogen-bond acceptors (Lipinski definition) is 7. The summed E-state index contributed by atoms with van der Waals surface area (Å²) in [7, 11) is -3.61. The van der Waals surface area contributed by atoms with E-state index in [2.05, 4.69) is 32.3 Å². The molecule has 1 fully saturated rings. The molecular formula is C18H31N7O3S3. The minimum absolute atomic E-state index is 0.198. The number of ether oxygens (including phenoxy) is 1. The fourth-order valence-electron chi connectivity index (χ4n) is 2.94. The van der Waals surface area contributed by atoms with Crippen LogP contribution in [0.25, 0.3) is 0 Å². The summed E-state index contributed by atoms with van der Waals surface area (Å²) >= 11 is 10.4. The highest BCUT2D eigenvalue weighted by molar-refractivity contribution is 7.89. The van der Waals surface area contributed by atoms with E-state index in [9.17, 15) is 8.42 Å². The maximum Gasteiger partial charge on any atom is 0.243 e. The van der Waals surface area contributed by atoms with E-state index in [1.54, 1.807) is 30.3 Å². The zero-order valence-corrected chi connectivity index (χ0v) is 20.1. The summed E-state index contributed by atoms with van der Waals surface area (Å²) in [6.45, 7) is 6.43. The van der Waals surface area contributed by atoms with Crippen LogP contribution in [0.1, 0.15) is 13.8 Å². The Kier molecular flexibility index (Phi) is 10.8. The highest BCUT2D eigenvalue weighted by atomic mass is 32.2. The van der Waals surface area contributed by atoms with E-state index < -0.39 is 16.1 Å². The minimum Gasteiger partial charge on any atom is -0.374 e. The summed E-state index contributed by atoms with van der Waals surface area (Å²) < 4.78 is 33.4. The normalized spacial score (nSPS) is 18.1. The smallest absolute Gasteiger partial charge is 0.243 e. The Morgan fingerprint density at radius 1 is 1.13 bits per heavy atom. The molecule has 31 heavy (non-hydrogen) atoms.